The minimum Gasteiger partial charge on any atom is -0.497 e. The van der Waals surface area contributed by atoms with Crippen LogP contribution in [0.1, 0.15) is 12.5 Å². The number of halogens is 1. The van der Waals surface area contributed by atoms with Crippen LogP contribution in [0.3, 0.4) is 0 Å². The normalized spacial score (nSPS) is 10.6. The molecule has 0 radical (unpaired) electrons. The first-order valence-electron chi connectivity index (χ1n) is 7.52. The molecule has 0 aliphatic carbocycles. The Labute approximate surface area is 135 Å². The molecule has 0 unspecified atom stereocenters. The Balaban J connectivity index is 1.95. The van der Waals surface area contributed by atoms with Crippen LogP contribution in [0.25, 0.3) is 0 Å². The molecule has 0 aliphatic heterocycles. The zero-order chi connectivity index (χ0) is 16.7. The molecule has 2 aromatic rings. The number of carbonyl (C=O) groups is 1. The Morgan fingerprint density at radius 3 is 2.70 bits per heavy atom. The smallest absolute Gasteiger partial charge is 0.238 e. The van der Waals surface area contributed by atoms with Gasteiger partial charge in [0.05, 0.1) is 13.7 Å². The fourth-order valence-corrected chi connectivity index (χ4v) is 2.25. The Morgan fingerprint density at radius 1 is 1.22 bits per heavy atom. The molecule has 0 fully saturated rings. The lowest BCUT2D eigenvalue weighted by molar-refractivity contribution is -0.117. The summed E-state index contributed by atoms with van der Waals surface area (Å²) in [5.74, 6) is 0.289. The van der Waals surface area contributed by atoms with Crippen LogP contribution < -0.4 is 10.1 Å². The number of benzene rings is 2. The standard InChI is InChI=1S/C18H21FN2O2/c1-3-21(12-14-7-4-5-10-17(14)19)13-18(22)20-15-8-6-9-16(11-15)23-2/h4-11H,3,12-13H2,1-2H3,(H,20,22). The topological polar surface area (TPSA) is 41.6 Å². The molecular formula is C18H21FN2O2. The predicted octanol–water partition coefficient (Wildman–Crippen LogP) is 3.29. The largest absolute Gasteiger partial charge is 0.497 e. The fourth-order valence-electron chi connectivity index (χ4n) is 2.25. The first-order chi connectivity index (χ1) is 11.1. The van der Waals surface area contributed by atoms with E-state index >= 15 is 0 Å². The Bertz CT molecular complexity index is 661. The molecule has 0 aliphatic rings. The highest BCUT2D eigenvalue weighted by molar-refractivity contribution is 5.92. The molecule has 0 atom stereocenters. The minimum absolute atomic E-state index is 0.142. The first kappa shape index (κ1) is 17.0. The Morgan fingerprint density at radius 2 is 2.00 bits per heavy atom. The van der Waals surface area contributed by atoms with Gasteiger partial charge in [-0.25, -0.2) is 4.39 Å². The summed E-state index contributed by atoms with van der Waals surface area (Å²) in [6.45, 7) is 3.19. The van der Waals surface area contributed by atoms with Gasteiger partial charge in [-0.1, -0.05) is 31.2 Å². The van der Waals surface area contributed by atoms with E-state index in [9.17, 15) is 9.18 Å². The number of nitrogens with zero attached hydrogens (tertiary/aromatic N) is 1. The van der Waals surface area contributed by atoms with Crippen molar-refractivity contribution in [3.63, 3.8) is 0 Å². The number of carbonyl (C=O) groups excluding carboxylic acids is 1. The lowest BCUT2D eigenvalue weighted by Gasteiger charge is -2.20. The van der Waals surface area contributed by atoms with Crippen molar-refractivity contribution in [1.82, 2.24) is 4.90 Å². The second-order valence-corrected chi connectivity index (χ2v) is 5.17. The van der Waals surface area contributed by atoms with Gasteiger partial charge in [0.25, 0.3) is 0 Å². The van der Waals surface area contributed by atoms with Crippen LogP contribution in [0.2, 0.25) is 0 Å². The van der Waals surface area contributed by atoms with Crippen LogP contribution in [0.5, 0.6) is 5.75 Å². The number of likely N-dealkylation sites (N-methyl/N-ethyl adjacent to an activating group) is 1. The molecule has 0 spiro atoms. The third-order valence-corrected chi connectivity index (χ3v) is 3.52. The Kier molecular flexibility index (Phi) is 6.11. The summed E-state index contributed by atoms with van der Waals surface area (Å²) >= 11 is 0. The van der Waals surface area contributed by atoms with Gasteiger partial charge in [0.15, 0.2) is 0 Å². The van der Waals surface area contributed by atoms with E-state index in [0.717, 1.165) is 0 Å². The maximum absolute atomic E-state index is 13.7. The zero-order valence-corrected chi connectivity index (χ0v) is 13.4. The number of nitrogens with one attached hydrogen (secondary N) is 1. The summed E-state index contributed by atoms with van der Waals surface area (Å²) in [5.41, 5.74) is 1.26. The summed E-state index contributed by atoms with van der Waals surface area (Å²) in [5, 5.41) is 2.83. The molecule has 0 saturated heterocycles. The van der Waals surface area contributed by atoms with Gasteiger partial charge in [0, 0.05) is 23.9 Å². The van der Waals surface area contributed by atoms with Crippen LogP contribution in [-0.2, 0) is 11.3 Å². The molecule has 0 heterocycles. The van der Waals surface area contributed by atoms with E-state index in [-0.39, 0.29) is 18.3 Å². The van der Waals surface area contributed by atoms with Crippen molar-refractivity contribution < 1.29 is 13.9 Å². The van der Waals surface area contributed by atoms with Crippen molar-refractivity contribution in [2.75, 3.05) is 25.5 Å². The number of rotatable bonds is 7. The zero-order valence-electron chi connectivity index (χ0n) is 13.4. The van der Waals surface area contributed by atoms with Crippen LogP contribution >= 0.6 is 0 Å². The van der Waals surface area contributed by atoms with Gasteiger partial charge in [0.1, 0.15) is 11.6 Å². The van der Waals surface area contributed by atoms with Gasteiger partial charge in [-0.15, -0.1) is 0 Å². The molecule has 0 bridgehead atoms. The van der Waals surface area contributed by atoms with E-state index in [1.54, 1.807) is 37.4 Å². The number of ether oxygens (including phenoxy) is 1. The summed E-state index contributed by atoms with van der Waals surface area (Å²) < 4.78 is 18.8. The number of methoxy groups -OCH3 is 1. The lowest BCUT2D eigenvalue weighted by atomic mass is 10.2. The van der Waals surface area contributed by atoms with Gasteiger partial charge >= 0.3 is 0 Å². The van der Waals surface area contributed by atoms with E-state index in [2.05, 4.69) is 5.32 Å². The van der Waals surface area contributed by atoms with Crippen LogP contribution in [0.4, 0.5) is 10.1 Å². The SMILES string of the molecule is CCN(CC(=O)Nc1cccc(OC)c1)Cc1ccccc1F. The average Bonchev–Trinajstić information content (AvgIpc) is 2.56. The van der Waals surface area contributed by atoms with Gasteiger partial charge in [-0.3, -0.25) is 9.69 Å². The minimum atomic E-state index is -0.251. The maximum Gasteiger partial charge on any atom is 0.238 e. The number of anilines is 1. The quantitative estimate of drug-likeness (QED) is 0.852. The van der Waals surface area contributed by atoms with Crippen molar-refractivity contribution in [1.29, 1.82) is 0 Å². The fraction of sp³-hybridized carbons (Fsp3) is 0.278. The second kappa shape index (κ2) is 8.29. The van der Waals surface area contributed by atoms with Gasteiger partial charge in [-0.05, 0) is 24.7 Å². The summed E-state index contributed by atoms with van der Waals surface area (Å²) in [7, 11) is 1.58. The molecular weight excluding hydrogens is 295 g/mol. The highest BCUT2D eigenvalue weighted by Crippen LogP contribution is 2.17. The molecule has 1 amide bonds. The maximum atomic E-state index is 13.7. The van der Waals surface area contributed by atoms with Crippen molar-refractivity contribution in [3.05, 3.63) is 59.9 Å². The molecule has 23 heavy (non-hydrogen) atoms. The number of amides is 1. The van der Waals surface area contributed by atoms with Crippen molar-refractivity contribution in [3.8, 4) is 5.75 Å². The van der Waals surface area contributed by atoms with Crippen molar-refractivity contribution in [2.45, 2.75) is 13.5 Å². The van der Waals surface area contributed by atoms with E-state index in [1.807, 2.05) is 24.0 Å². The van der Waals surface area contributed by atoms with Crippen molar-refractivity contribution in [2.24, 2.45) is 0 Å². The molecule has 2 aromatic carbocycles. The molecule has 1 N–H and O–H groups in total. The second-order valence-electron chi connectivity index (χ2n) is 5.17. The molecule has 0 aromatic heterocycles. The van der Waals surface area contributed by atoms with Crippen LogP contribution in [0, 0.1) is 5.82 Å². The van der Waals surface area contributed by atoms with Gasteiger partial charge in [0.2, 0.25) is 5.91 Å². The van der Waals surface area contributed by atoms with Crippen LogP contribution in [0.15, 0.2) is 48.5 Å². The third kappa shape index (κ3) is 5.07. The lowest BCUT2D eigenvalue weighted by Crippen LogP contribution is -2.33. The third-order valence-electron chi connectivity index (χ3n) is 3.52. The Hall–Kier alpha value is -2.40. The van der Waals surface area contributed by atoms with Gasteiger partial charge < -0.3 is 10.1 Å². The van der Waals surface area contributed by atoms with Gasteiger partial charge in [-0.2, -0.15) is 0 Å². The highest BCUT2D eigenvalue weighted by Gasteiger charge is 2.12. The van der Waals surface area contributed by atoms with E-state index in [0.29, 0.717) is 30.1 Å². The van der Waals surface area contributed by atoms with E-state index in [4.69, 9.17) is 4.74 Å². The predicted molar refractivity (Wildman–Crippen MR) is 89.0 cm³/mol. The molecule has 0 saturated carbocycles. The monoisotopic (exact) mass is 316 g/mol. The summed E-state index contributed by atoms with van der Waals surface area (Å²) in [4.78, 5) is 14.1. The van der Waals surface area contributed by atoms with Crippen LogP contribution in [-0.4, -0.2) is 31.0 Å². The number of hydrogen-bond donors (Lipinski definition) is 1. The molecule has 5 heteroatoms. The molecule has 122 valence electrons. The summed E-state index contributed by atoms with van der Waals surface area (Å²) in [6.07, 6.45) is 0. The summed E-state index contributed by atoms with van der Waals surface area (Å²) in [6, 6.07) is 13.8. The van der Waals surface area contributed by atoms with Crippen molar-refractivity contribution >= 4 is 11.6 Å². The number of hydrogen-bond acceptors (Lipinski definition) is 3. The van der Waals surface area contributed by atoms with E-state index < -0.39 is 0 Å². The molecule has 4 nitrogen and oxygen atoms in total. The first-order valence-corrected chi connectivity index (χ1v) is 7.52. The average molecular weight is 316 g/mol. The molecule has 2 rings (SSSR count). The van der Waals surface area contributed by atoms with E-state index in [1.165, 1.54) is 6.07 Å². The highest BCUT2D eigenvalue weighted by atomic mass is 19.1.